The summed E-state index contributed by atoms with van der Waals surface area (Å²) in [4.78, 5) is 18.0. The monoisotopic (exact) mass is 305 g/mol. The molecule has 2 heterocycles. The third-order valence-corrected chi connectivity index (χ3v) is 3.75. The molecule has 0 aliphatic carbocycles. The molecule has 1 aliphatic rings. The number of carbonyl (C=O) groups is 1. The number of nitrogens with zero attached hydrogens (tertiary/aromatic N) is 3. The van der Waals surface area contributed by atoms with Crippen LogP contribution in [0.2, 0.25) is 0 Å². The van der Waals surface area contributed by atoms with Gasteiger partial charge in [-0.25, -0.2) is 4.39 Å². The molecule has 0 radical (unpaired) electrons. The van der Waals surface area contributed by atoms with Gasteiger partial charge < -0.3 is 9.26 Å². The van der Waals surface area contributed by atoms with Crippen molar-refractivity contribution >= 4 is 5.97 Å². The second-order valence-corrected chi connectivity index (χ2v) is 5.17. The van der Waals surface area contributed by atoms with E-state index < -0.39 is 0 Å². The van der Waals surface area contributed by atoms with Crippen LogP contribution in [0.5, 0.6) is 0 Å². The van der Waals surface area contributed by atoms with E-state index in [2.05, 4.69) is 10.1 Å². The molecule has 7 heteroatoms. The zero-order valence-electron chi connectivity index (χ0n) is 12.2. The number of carbonyl (C=O) groups excluding carboxylic acids is 1. The average molecular weight is 305 g/mol. The third kappa shape index (κ3) is 2.99. The predicted octanol–water partition coefficient (Wildman–Crippen LogP) is 2.01. The minimum Gasteiger partial charge on any atom is -0.468 e. The molecule has 1 aromatic heterocycles. The van der Waals surface area contributed by atoms with Crippen molar-refractivity contribution in [3.63, 3.8) is 0 Å². The van der Waals surface area contributed by atoms with Crippen molar-refractivity contribution in [3.05, 3.63) is 36.0 Å². The van der Waals surface area contributed by atoms with Crippen LogP contribution >= 0.6 is 0 Å². The van der Waals surface area contributed by atoms with Gasteiger partial charge in [0.1, 0.15) is 11.9 Å². The molecule has 116 valence electrons. The molecule has 1 fully saturated rings. The van der Waals surface area contributed by atoms with E-state index in [-0.39, 0.29) is 17.8 Å². The molecule has 2 aromatic rings. The molecule has 6 nitrogen and oxygen atoms in total. The number of likely N-dealkylation sites (tertiary alicyclic amines) is 1. The molecule has 3 rings (SSSR count). The van der Waals surface area contributed by atoms with Crippen molar-refractivity contribution in [2.75, 3.05) is 13.7 Å². The van der Waals surface area contributed by atoms with Crippen molar-refractivity contribution < 1.29 is 18.4 Å². The first kappa shape index (κ1) is 14.6. The molecular weight excluding hydrogens is 289 g/mol. The highest BCUT2D eigenvalue weighted by atomic mass is 19.1. The molecule has 1 atom stereocenters. The van der Waals surface area contributed by atoms with Crippen molar-refractivity contribution in [2.24, 2.45) is 0 Å². The number of halogens is 1. The van der Waals surface area contributed by atoms with Gasteiger partial charge in [-0.05, 0) is 43.7 Å². The Morgan fingerprint density at radius 2 is 2.23 bits per heavy atom. The Morgan fingerprint density at radius 1 is 1.45 bits per heavy atom. The maximum atomic E-state index is 12.9. The van der Waals surface area contributed by atoms with Crippen molar-refractivity contribution in [2.45, 2.75) is 25.4 Å². The molecule has 0 saturated carbocycles. The Kier molecular flexibility index (Phi) is 4.15. The van der Waals surface area contributed by atoms with Gasteiger partial charge in [0.2, 0.25) is 11.7 Å². The molecule has 0 N–H and O–H groups in total. The highest BCUT2D eigenvalue weighted by Gasteiger charge is 2.32. The fraction of sp³-hybridized carbons (Fsp3) is 0.400. The number of methoxy groups -OCH3 is 1. The van der Waals surface area contributed by atoms with Crippen LogP contribution in [0, 0.1) is 5.82 Å². The summed E-state index contributed by atoms with van der Waals surface area (Å²) in [5.74, 6) is 0.278. The molecule has 1 unspecified atom stereocenters. The molecule has 0 amide bonds. The van der Waals surface area contributed by atoms with Gasteiger partial charge in [0.15, 0.2) is 0 Å². The number of hydrogen-bond donors (Lipinski definition) is 0. The van der Waals surface area contributed by atoms with E-state index in [0.29, 0.717) is 23.8 Å². The van der Waals surface area contributed by atoms with Crippen molar-refractivity contribution in [3.8, 4) is 11.4 Å². The summed E-state index contributed by atoms with van der Waals surface area (Å²) < 4.78 is 22.9. The Labute approximate surface area is 126 Å². The topological polar surface area (TPSA) is 68.5 Å². The van der Waals surface area contributed by atoms with E-state index >= 15 is 0 Å². The molecule has 0 bridgehead atoms. The van der Waals surface area contributed by atoms with Crippen LogP contribution in [0.15, 0.2) is 28.8 Å². The van der Waals surface area contributed by atoms with Crippen LogP contribution in [0.4, 0.5) is 4.39 Å². The maximum absolute atomic E-state index is 12.9. The quantitative estimate of drug-likeness (QED) is 0.805. The van der Waals surface area contributed by atoms with Gasteiger partial charge in [-0.2, -0.15) is 4.98 Å². The number of benzene rings is 1. The first-order chi connectivity index (χ1) is 10.7. The van der Waals surface area contributed by atoms with Gasteiger partial charge >= 0.3 is 5.97 Å². The lowest BCUT2D eigenvalue weighted by Gasteiger charge is -2.19. The van der Waals surface area contributed by atoms with Crippen LogP contribution in [0.25, 0.3) is 11.4 Å². The SMILES string of the molecule is COC(=O)C1CCCN1Cc1nc(-c2ccc(F)cc2)no1. The average Bonchev–Trinajstić information content (AvgIpc) is 3.17. The fourth-order valence-electron chi connectivity index (χ4n) is 2.63. The first-order valence-corrected chi connectivity index (χ1v) is 7.08. The second kappa shape index (κ2) is 6.23. The highest BCUT2D eigenvalue weighted by molar-refractivity contribution is 5.75. The zero-order chi connectivity index (χ0) is 15.5. The van der Waals surface area contributed by atoms with E-state index in [1.54, 1.807) is 12.1 Å². The fourth-order valence-corrected chi connectivity index (χ4v) is 2.63. The van der Waals surface area contributed by atoms with Gasteiger partial charge in [-0.15, -0.1) is 0 Å². The van der Waals surface area contributed by atoms with Crippen molar-refractivity contribution in [1.82, 2.24) is 15.0 Å². The summed E-state index contributed by atoms with van der Waals surface area (Å²) in [5.41, 5.74) is 0.683. The minimum absolute atomic E-state index is 0.240. The van der Waals surface area contributed by atoms with E-state index in [0.717, 1.165) is 19.4 Å². The minimum atomic E-state index is -0.314. The predicted molar refractivity (Wildman–Crippen MR) is 75.1 cm³/mol. The number of esters is 1. The summed E-state index contributed by atoms with van der Waals surface area (Å²) in [7, 11) is 1.39. The first-order valence-electron chi connectivity index (χ1n) is 7.08. The summed E-state index contributed by atoms with van der Waals surface area (Å²) in [6, 6.07) is 5.62. The maximum Gasteiger partial charge on any atom is 0.323 e. The van der Waals surface area contributed by atoms with Crippen LogP contribution in [0.3, 0.4) is 0 Å². The molecule has 1 saturated heterocycles. The highest BCUT2D eigenvalue weighted by Crippen LogP contribution is 2.22. The lowest BCUT2D eigenvalue weighted by molar-refractivity contribution is -0.146. The van der Waals surface area contributed by atoms with Crippen LogP contribution in [-0.4, -0.2) is 40.7 Å². The Bertz CT molecular complexity index is 656. The van der Waals surface area contributed by atoms with Gasteiger partial charge in [-0.1, -0.05) is 5.16 Å². The van der Waals surface area contributed by atoms with Crippen LogP contribution in [-0.2, 0) is 16.1 Å². The third-order valence-electron chi connectivity index (χ3n) is 3.75. The lowest BCUT2D eigenvalue weighted by Crippen LogP contribution is -2.36. The van der Waals surface area contributed by atoms with E-state index in [4.69, 9.17) is 9.26 Å². The smallest absolute Gasteiger partial charge is 0.323 e. The van der Waals surface area contributed by atoms with Gasteiger partial charge in [-0.3, -0.25) is 9.69 Å². The molecular formula is C15H16FN3O3. The number of aromatic nitrogens is 2. The van der Waals surface area contributed by atoms with E-state index in [1.165, 1.54) is 19.2 Å². The molecule has 22 heavy (non-hydrogen) atoms. The molecule has 1 aromatic carbocycles. The summed E-state index contributed by atoms with van der Waals surface area (Å²) in [5, 5.41) is 3.90. The summed E-state index contributed by atoms with van der Waals surface area (Å²) >= 11 is 0. The Balaban J connectivity index is 1.71. The van der Waals surface area contributed by atoms with E-state index in [9.17, 15) is 9.18 Å². The molecule has 0 spiro atoms. The standard InChI is InChI=1S/C15H16FN3O3/c1-21-15(20)12-3-2-8-19(12)9-13-17-14(18-22-13)10-4-6-11(16)7-5-10/h4-7,12H,2-3,8-9H2,1H3. The zero-order valence-corrected chi connectivity index (χ0v) is 12.2. The largest absolute Gasteiger partial charge is 0.468 e. The van der Waals surface area contributed by atoms with Crippen molar-refractivity contribution in [1.29, 1.82) is 0 Å². The van der Waals surface area contributed by atoms with Gasteiger partial charge in [0.05, 0.1) is 13.7 Å². The number of rotatable bonds is 4. The van der Waals surface area contributed by atoms with E-state index in [1.807, 2.05) is 4.90 Å². The normalized spacial score (nSPS) is 18.5. The van der Waals surface area contributed by atoms with Crippen LogP contribution in [0.1, 0.15) is 18.7 Å². The Hall–Kier alpha value is -2.28. The van der Waals surface area contributed by atoms with Crippen LogP contribution < -0.4 is 0 Å². The second-order valence-electron chi connectivity index (χ2n) is 5.17. The Morgan fingerprint density at radius 3 is 2.95 bits per heavy atom. The number of ether oxygens (including phenoxy) is 1. The number of hydrogen-bond acceptors (Lipinski definition) is 6. The van der Waals surface area contributed by atoms with Gasteiger partial charge in [0.25, 0.3) is 0 Å². The summed E-state index contributed by atoms with van der Waals surface area (Å²) in [6.45, 7) is 1.18. The van der Waals surface area contributed by atoms with Gasteiger partial charge in [0, 0.05) is 5.56 Å². The molecule has 1 aliphatic heterocycles. The summed E-state index contributed by atoms with van der Waals surface area (Å²) in [6.07, 6.45) is 1.70. The lowest BCUT2D eigenvalue weighted by atomic mass is 10.2.